The van der Waals surface area contributed by atoms with E-state index >= 15 is 0 Å². The van der Waals surface area contributed by atoms with Crippen LogP contribution in [-0.4, -0.2) is 7.11 Å². The van der Waals surface area contributed by atoms with Crippen LogP contribution in [0.25, 0.3) is 11.1 Å². The van der Waals surface area contributed by atoms with Crippen molar-refractivity contribution in [3.63, 3.8) is 0 Å². The highest BCUT2D eigenvalue weighted by Crippen LogP contribution is 2.37. The molecule has 0 atom stereocenters. The maximum atomic E-state index is 13.0. The van der Waals surface area contributed by atoms with Gasteiger partial charge in [0.1, 0.15) is 7.11 Å². The monoisotopic (exact) mass is 268 g/mol. The third kappa shape index (κ3) is 2.86. The first-order valence-corrected chi connectivity index (χ1v) is 5.66. The molecule has 0 aliphatic rings. The Morgan fingerprint density at radius 1 is 1.05 bits per heavy atom. The largest absolute Gasteiger partial charge is 0.417 e. The van der Waals surface area contributed by atoms with Gasteiger partial charge in [-0.1, -0.05) is 17.7 Å². The van der Waals surface area contributed by atoms with Crippen LogP contribution in [0.1, 0.15) is 11.1 Å². The number of pyridine rings is 1. The zero-order chi connectivity index (χ0) is 14.0. The molecule has 100 valence electrons. The smallest absolute Gasteiger partial charge is 0.275 e. The number of nitrogens with zero attached hydrogens (tertiary/aromatic N) is 1. The highest BCUT2D eigenvalue weighted by Gasteiger charge is 2.33. The molecule has 5 heteroatoms. The van der Waals surface area contributed by atoms with Crippen molar-refractivity contribution in [2.24, 2.45) is 0 Å². The number of hydrogen-bond donors (Lipinski definition) is 0. The van der Waals surface area contributed by atoms with Crippen LogP contribution in [0.3, 0.4) is 0 Å². The lowest BCUT2D eigenvalue weighted by Crippen LogP contribution is -2.39. The standard InChI is InChI=1S/C14H13F3NO/c1-10-3-4-13(14(15,16)17)12(9-10)11-5-7-18(19-2)8-6-11/h3-9H,1-2H3/q+1. The normalized spacial score (nSPS) is 11.4. The van der Waals surface area contributed by atoms with Crippen LogP contribution in [0.4, 0.5) is 13.2 Å². The summed E-state index contributed by atoms with van der Waals surface area (Å²) in [7, 11) is 1.48. The summed E-state index contributed by atoms with van der Waals surface area (Å²) in [5.41, 5.74) is 0.833. The molecule has 2 nitrogen and oxygen atoms in total. The van der Waals surface area contributed by atoms with Gasteiger partial charge in [-0.15, -0.1) is 0 Å². The highest BCUT2D eigenvalue weighted by molar-refractivity contribution is 5.68. The molecule has 2 rings (SSSR count). The van der Waals surface area contributed by atoms with E-state index in [1.54, 1.807) is 31.5 Å². The Kier molecular flexibility index (Phi) is 3.46. The molecule has 1 aromatic carbocycles. The zero-order valence-corrected chi connectivity index (χ0v) is 10.5. The first kappa shape index (κ1) is 13.4. The Morgan fingerprint density at radius 2 is 1.68 bits per heavy atom. The average molecular weight is 268 g/mol. The van der Waals surface area contributed by atoms with Crippen LogP contribution in [0.15, 0.2) is 42.7 Å². The second-order valence-corrected chi connectivity index (χ2v) is 4.18. The topological polar surface area (TPSA) is 13.1 Å². The van der Waals surface area contributed by atoms with Gasteiger partial charge >= 0.3 is 6.18 Å². The third-order valence-corrected chi connectivity index (χ3v) is 2.80. The van der Waals surface area contributed by atoms with Crippen LogP contribution < -0.4 is 9.57 Å². The lowest BCUT2D eigenvalue weighted by Gasteiger charge is -2.13. The molecule has 19 heavy (non-hydrogen) atoms. The van der Waals surface area contributed by atoms with Gasteiger partial charge in [-0.05, 0) is 24.1 Å². The summed E-state index contributed by atoms with van der Waals surface area (Å²) in [4.78, 5) is 4.92. The van der Waals surface area contributed by atoms with E-state index in [1.807, 2.05) is 0 Å². The van der Waals surface area contributed by atoms with Crippen LogP contribution in [0.2, 0.25) is 0 Å². The molecule has 0 spiro atoms. The SMILES string of the molecule is CO[n+]1ccc(-c2cc(C)ccc2C(F)(F)F)cc1. The number of rotatable bonds is 2. The number of aryl methyl sites for hydroxylation is 1. The summed E-state index contributed by atoms with van der Waals surface area (Å²) < 4.78 is 40.4. The molecule has 0 aliphatic heterocycles. The molecule has 0 aliphatic carbocycles. The van der Waals surface area contributed by atoms with Crippen molar-refractivity contribution >= 4 is 0 Å². The molecule has 0 unspecified atom stereocenters. The predicted octanol–water partition coefficient (Wildman–Crippen LogP) is 3.03. The van der Waals surface area contributed by atoms with E-state index in [-0.39, 0.29) is 5.56 Å². The summed E-state index contributed by atoms with van der Waals surface area (Å²) in [6.45, 7) is 1.77. The Bertz CT molecular complexity index is 576. The fraction of sp³-hybridized carbons (Fsp3) is 0.214. The van der Waals surface area contributed by atoms with Gasteiger partial charge in [0.25, 0.3) is 0 Å². The van der Waals surface area contributed by atoms with Gasteiger partial charge in [0.05, 0.1) is 5.56 Å². The van der Waals surface area contributed by atoms with Gasteiger partial charge < -0.3 is 0 Å². The fourth-order valence-corrected chi connectivity index (χ4v) is 1.86. The summed E-state index contributed by atoms with van der Waals surface area (Å²) in [6, 6.07) is 7.29. The Hall–Kier alpha value is -2.04. The maximum absolute atomic E-state index is 13.0. The lowest BCUT2D eigenvalue weighted by molar-refractivity contribution is -0.885. The molecular formula is C14H13F3NO+. The van der Waals surface area contributed by atoms with Crippen molar-refractivity contribution in [3.05, 3.63) is 53.9 Å². The van der Waals surface area contributed by atoms with Gasteiger partial charge in [-0.25, -0.2) is 0 Å². The van der Waals surface area contributed by atoms with Crippen molar-refractivity contribution in [2.75, 3.05) is 7.11 Å². The van der Waals surface area contributed by atoms with E-state index in [1.165, 1.54) is 24.0 Å². The van der Waals surface area contributed by atoms with Crippen LogP contribution >= 0.6 is 0 Å². The molecule has 2 aromatic rings. The van der Waals surface area contributed by atoms with E-state index in [0.717, 1.165) is 11.6 Å². The first-order valence-electron chi connectivity index (χ1n) is 5.66. The van der Waals surface area contributed by atoms with Gasteiger partial charge in [-0.3, -0.25) is 4.84 Å². The first-order chi connectivity index (χ1) is 8.91. The second-order valence-electron chi connectivity index (χ2n) is 4.18. The summed E-state index contributed by atoms with van der Waals surface area (Å²) in [5.74, 6) is 0. The predicted molar refractivity (Wildman–Crippen MR) is 64.3 cm³/mol. The molecule has 0 saturated heterocycles. The van der Waals surface area contributed by atoms with Gasteiger partial charge in [-0.2, -0.15) is 13.2 Å². The van der Waals surface area contributed by atoms with Crippen LogP contribution in [-0.2, 0) is 6.18 Å². The minimum Gasteiger partial charge on any atom is -0.275 e. The summed E-state index contributed by atoms with van der Waals surface area (Å²) in [5, 5.41) is 0. The number of halogens is 3. The van der Waals surface area contributed by atoms with E-state index in [0.29, 0.717) is 5.56 Å². The quantitative estimate of drug-likeness (QED) is 0.763. The summed E-state index contributed by atoms with van der Waals surface area (Å²) >= 11 is 0. The van der Waals surface area contributed by atoms with E-state index in [2.05, 4.69) is 0 Å². The minimum absolute atomic E-state index is 0.177. The van der Waals surface area contributed by atoms with Gasteiger partial charge in [0, 0.05) is 16.9 Å². The molecule has 1 heterocycles. The lowest BCUT2D eigenvalue weighted by atomic mass is 9.98. The molecular weight excluding hydrogens is 255 g/mol. The molecule has 1 aromatic heterocycles. The number of aromatic nitrogens is 1. The molecule has 0 amide bonds. The second kappa shape index (κ2) is 4.91. The number of alkyl halides is 3. The van der Waals surface area contributed by atoms with Crippen LogP contribution in [0, 0.1) is 6.92 Å². The van der Waals surface area contributed by atoms with Crippen molar-refractivity contribution in [2.45, 2.75) is 13.1 Å². The van der Waals surface area contributed by atoms with Crippen molar-refractivity contribution < 1.29 is 22.7 Å². The fourth-order valence-electron chi connectivity index (χ4n) is 1.86. The van der Waals surface area contributed by atoms with Gasteiger partial charge in [0.15, 0.2) is 0 Å². The third-order valence-electron chi connectivity index (χ3n) is 2.80. The Balaban J connectivity index is 2.56. The van der Waals surface area contributed by atoms with Crippen molar-refractivity contribution in [1.82, 2.24) is 0 Å². The maximum Gasteiger partial charge on any atom is 0.417 e. The van der Waals surface area contributed by atoms with E-state index in [9.17, 15) is 13.2 Å². The molecule has 0 bridgehead atoms. The molecule has 0 saturated carbocycles. The average Bonchev–Trinajstić information content (AvgIpc) is 2.37. The van der Waals surface area contributed by atoms with Crippen LogP contribution in [0.5, 0.6) is 0 Å². The highest BCUT2D eigenvalue weighted by atomic mass is 19.4. The van der Waals surface area contributed by atoms with E-state index < -0.39 is 11.7 Å². The minimum atomic E-state index is -4.36. The Labute approximate surface area is 109 Å². The molecule has 0 fully saturated rings. The number of hydrogen-bond acceptors (Lipinski definition) is 1. The Morgan fingerprint density at radius 3 is 2.21 bits per heavy atom. The molecule has 0 N–H and O–H groups in total. The summed E-state index contributed by atoms with van der Waals surface area (Å²) in [6.07, 6.45) is -1.23. The van der Waals surface area contributed by atoms with Crippen molar-refractivity contribution in [3.8, 4) is 11.1 Å². The molecule has 0 radical (unpaired) electrons. The van der Waals surface area contributed by atoms with Crippen molar-refractivity contribution in [1.29, 1.82) is 0 Å². The van der Waals surface area contributed by atoms with E-state index in [4.69, 9.17) is 4.84 Å². The number of benzene rings is 1. The zero-order valence-electron chi connectivity index (χ0n) is 10.5. The van der Waals surface area contributed by atoms with Gasteiger partial charge in [0.2, 0.25) is 12.4 Å².